The summed E-state index contributed by atoms with van der Waals surface area (Å²) in [4.78, 5) is 14.1. The van der Waals surface area contributed by atoms with E-state index in [-0.39, 0.29) is 5.91 Å². The van der Waals surface area contributed by atoms with Crippen molar-refractivity contribution >= 4 is 12.2 Å². The van der Waals surface area contributed by atoms with Crippen LogP contribution in [0.1, 0.15) is 19.8 Å². The summed E-state index contributed by atoms with van der Waals surface area (Å²) in [6.45, 7) is 2.05. The number of carbonyl (C=O) groups is 1. The van der Waals surface area contributed by atoms with E-state index < -0.39 is 0 Å². The molecule has 0 spiro atoms. The molecule has 1 heterocycles. The Kier molecular flexibility index (Phi) is 1.82. The molecule has 50 valence electrons. The Labute approximate surface area is 54.2 Å². The summed E-state index contributed by atoms with van der Waals surface area (Å²) in [6.07, 6.45) is 3.02. The van der Waals surface area contributed by atoms with Crippen molar-refractivity contribution in [1.82, 2.24) is 5.32 Å². The summed E-state index contributed by atoms with van der Waals surface area (Å²) >= 11 is 0. The molecule has 0 radical (unpaired) electrons. The first-order valence-corrected chi connectivity index (χ1v) is 3.14. The zero-order valence-corrected chi connectivity index (χ0v) is 5.42. The first kappa shape index (κ1) is 6.26. The molecule has 1 aliphatic heterocycles. The lowest BCUT2D eigenvalue weighted by Crippen LogP contribution is -2.33. The van der Waals surface area contributed by atoms with E-state index in [4.69, 9.17) is 0 Å². The minimum absolute atomic E-state index is 0.0133. The molecule has 0 saturated carbocycles. The van der Waals surface area contributed by atoms with Crippen LogP contribution in [0.25, 0.3) is 0 Å². The molecular formula is C6H10N2O. The van der Waals surface area contributed by atoms with Gasteiger partial charge in [0.25, 0.3) is 0 Å². The predicted molar refractivity (Wildman–Crippen MR) is 35.3 cm³/mol. The SMILES string of the molecule is CCC1CC(=O)N=CN1. The molecular weight excluding hydrogens is 116 g/mol. The summed E-state index contributed by atoms with van der Waals surface area (Å²) in [7, 11) is 0. The van der Waals surface area contributed by atoms with E-state index in [0.29, 0.717) is 12.5 Å². The van der Waals surface area contributed by atoms with Crippen LogP contribution in [-0.2, 0) is 4.79 Å². The number of nitrogens with one attached hydrogen (secondary N) is 1. The maximum absolute atomic E-state index is 10.6. The summed E-state index contributed by atoms with van der Waals surface area (Å²) < 4.78 is 0. The van der Waals surface area contributed by atoms with Gasteiger partial charge in [0.15, 0.2) is 0 Å². The molecule has 0 aromatic rings. The fraction of sp³-hybridized carbons (Fsp3) is 0.667. The van der Waals surface area contributed by atoms with Gasteiger partial charge in [0.05, 0.1) is 6.34 Å². The van der Waals surface area contributed by atoms with Gasteiger partial charge < -0.3 is 5.32 Å². The summed E-state index contributed by atoms with van der Waals surface area (Å²) in [5.74, 6) is -0.0133. The minimum atomic E-state index is -0.0133. The monoisotopic (exact) mass is 126 g/mol. The Hall–Kier alpha value is -0.860. The van der Waals surface area contributed by atoms with Crippen LogP contribution in [-0.4, -0.2) is 18.3 Å². The van der Waals surface area contributed by atoms with Crippen LogP contribution >= 0.6 is 0 Å². The molecule has 0 saturated heterocycles. The summed E-state index contributed by atoms with van der Waals surface area (Å²) in [5, 5.41) is 2.99. The van der Waals surface area contributed by atoms with Crippen molar-refractivity contribution < 1.29 is 4.79 Å². The van der Waals surface area contributed by atoms with Gasteiger partial charge in [0.1, 0.15) is 0 Å². The molecule has 3 nitrogen and oxygen atoms in total. The smallest absolute Gasteiger partial charge is 0.249 e. The number of carbonyl (C=O) groups excluding carboxylic acids is 1. The number of amides is 1. The predicted octanol–water partition coefficient (Wildman–Crippen LogP) is 0.313. The lowest BCUT2D eigenvalue weighted by Gasteiger charge is -2.15. The topological polar surface area (TPSA) is 41.5 Å². The van der Waals surface area contributed by atoms with E-state index in [2.05, 4.69) is 10.3 Å². The van der Waals surface area contributed by atoms with E-state index in [1.54, 1.807) is 0 Å². The molecule has 0 bridgehead atoms. The number of aliphatic imine (C=N–C) groups is 1. The average Bonchev–Trinajstić information content (AvgIpc) is 1.88. The Balaban J connectivity index is 2.47. The number of rotatable bonds is 1. The molecule has 1 amide bonds. The molecule has 1 atom stereocenters. The highest BCUT2D eigenvalue weighted by atomic mass is 16.1. The van der Waals surface area contributed by atoms with Gasteiger partial charge in [-0.3, -0.25) is 4.79 Å². The van der Waals surface area contributed by atoms with Gasteiger partial charge in [-0.05, 0) is 6.42 Å². The van der Waals surface area contributed by atoms with Crippen molar-refractivity contribution in [1.29, 1.82) is 0 Å². The molecule has 1 aliphatic rings. The molecule has 0 aliphatic carbocycles. The van der Waals surface area contributed by atoms with Crippen LogP contribution < -0.4 is 5.32 Å². The third kappa shape index (κ3) is 1.52. The third-order valence-corrected chi connectivity index (χ3v) is 1.43. The highest BCUT2D eigenvalue weighted by Crippen LogP contribution is 2.00. The van der Waals surface area contributed by atoms with E-state index in [0.717, 1.165) is 6.42 Å². The summed E-state index contributed by atoms with van der Waals surface area (Å²) in [6, 6.07) is 0.315. The zero-order chi connectivity index (χ0) is 6.69. The van der Waals surface area contributed by atoms with Crippen molar-refractivity contribution in [3.05, 3.63) is 0 Å². The lowest BCUT2D eigenvalue weighted by atomic mass is 10.1. The minimum Gasteiger partial charge on any atom is -0.373 e. The largest absolute Gasteiger partial charge is 0.373 e. The Morgan fingerprint density at radius 1 is 2.00 bits per heavy atom. The average molecular weight is 126 g/mol. The van der Waals surface area contributed by atoms with Gasteiger partial charge in [0, 0.05) is 12.5 Å². The number of hydrogen-bond donors (Lipinski definition) is 1. The van der Waals surface area contributed by atoms with Crippen molar-refractivity contribution in [2.75, 3.05) is 0 Å². The first-order valence-electron chi connectivity index (χ1n) is 3.14. The van der Waals surface area contributed by atoms with Crippen molar-refractivity contribution in [3.63, 3.8) is 0 Å². The Morgan fingerprint density at radius 2 is 2.78 bits per heavy atom. The van der Waals surface area contributed by atoms with Gasteiger partial charge >= 0.3 is 0 Å². The second-order valence-corrected chi connectivity index (χ2v) is 2.13. The standard InChI is InChI=1S/C6H10N2O/c1-2-5-3-6(9)8-4-7-5/h4-5H,2-3H2,1H3,(H,7,8,9). The molecule has 0 fully saturated rings. The lowest BCUT2D eigenvalue weighted by molar-refractivity contribution is -0.118. The molecule has 1 rings (SSSR count). The van der Waals surface area contributed by atoms with Crippen LogP contribution in [0, 0.1) is 0 Å². The van der Waals surface area contributed by atoms with Gasteiger partial charge in [-0.2, -0.15) is 0 Å². The first-order chi connectivity index (χ1) is 4.33. The summed E-state index contributed by atoms with van der Waals surface area (Å²) in [5.41, 5.74) is 0. The highest BCUT2D eigenvalue weighted by molar-refractivity contribution is 5.87. The molecule has 0 aromatic carbocycles. The second-order valence-electron chi connectivity index (χ2n) is 2.13. The van der Waals surface area contributed by atoms with Crippen LogP contribution in [0.4, 0.5) is 0 Å². The quantitative estimate of drug-likeness (QED) is 0.549. The fourth-order valence-electron chi connectivity index (χ4n) is 0.799. The van der Waals surface area contributed by atoms with E-state index in [9.17, 15) is 4.79 Å². The van der Waals surface area contributed by atoms with Gasteiger partial charge in [0.2, 0.25) is 5.91 Å². The van der Waals surface area contributed by atoms with Gasteiger partial charge in [-0.15, -0.1) is 0 Å². The molecule has 0 aromatic heterocycles. The fourth-order valence-corrected chi connectivity index (χ4v) is 0.799. The van der Waals surface area contributed by atoms with Crippen LogP contribution in [0.2, 0.25) is 0 Å². The molecule has 3 heteroatoms. The highest BCUT2D eigenvalue weighted by Gasteiger charge is 2.12. The van der Waals surface area contributed by atoms with E-state index >= 15 is 0 Å². The second kappa shape index (κ2) is 2.62. The van der Waals surface area contributed by atoms with Crippen LogP contribution in [0.3, 0.4) is 0 Å². The molecule has 1 N–H and O–H groups in total. The zero-order valence-electron chi connectivity index (χ0n) is 5.42. The van der Waals surface area contributed by atoms with E-state index in [1.807, 2.05) is 6.92 Å². The van der Waals surface area contributed by atoms with Crippen molar-refractivity contribution in [2.45, 2.75) is 25.8 Å². The van der Waals surface area contributed by atoms with Gasteiger partial charge in [-0.1, -0.05) is 6.92 Å². The molecule has 9 heavy (non-hydrogen) atoms. The van der Waals surface area contributed by atoms with Crippen LogP contribution in [0.15, 0.2) is 4.99 Å². The number of nitrogens with zero attached hydrogens (tertiary/aromatic N) is 1. The maximum atomic E-state index is 10.6. The number of hydrogen-bond acceptors (Lipinski definition) is 2. The Bertz CT molecular complexity index is 142. The normalized spacial score (nSPS) is 25.9. The van der Waals surface area contributed by atoms with Crippen molar-refractivity contribution in [3.8, 4) is 0 Å². The van der Waals surface area contributed by atoms with Crippen LogP contribution in [0.5, 0.6) is 0 Å². The van der Waals surface area contributed by atoms with E-state index in [1.165, 1.54) is 6.34 Å². The third-order valence-electron chi connectivity index (χ3n) is 1.43. The molecule has 1 unspecified atom stereocenters. The Morgan fingerprint density at radius 3 is 3.22 bits per heavy atom. The van der Waals surface area contributed by atoms with Gasteiger partial charge in [-0.25, -0.2) is 4.99 Å². The van der Waals surface area contributed by atoms with Crippen molar-refractivity contribution in [2.24, 2.45) is 4.99 Å². The maximum Gasteiger partial charge on any atom is 0.249 e.